The number of fused-ring (bicyclic) bond motifs is 1. The maximum Gasteiger partial charge on any atom is 0.172 e. The van der Waals surface area contributed by atoms with Crippen molar-refractivity contribution in [2.24, 2.45) is 0 Å². The monoisotopic (exact) mass is 517 g/mol. The van der Waals surface area contributed by atoms with Crippen LogP contribution in [0.3, 0.4) is 0 Å². The van der Waals surface area contributed by atoms with Crippen molar-refractivity contribution >= 4 is 11.6 Å². The molecule has 3 aliphatic rings. The molecule has 2 aromatic carbocycles. The van der Waals surface area contributed by atoms with Gasteiger partial charge in [0.1, 0.15) is 11.9 Å². The molecule has 2 aliphatic heterocycles. The highest BCUT2D eigenvalue weighted by Gasteiger charge is 2.29. The Balaban J connectivity index is 1.15. The first-order valence-corrected chi connectivity index (χ1v) is 13.8. The molecular weight excluding hydrogens is 481 g/mol. The van der Waals surface area contributed by atoms with Crippen LogP contribution in [0.2, 0.25) is 0 Å². The summed E-state index contributed by atoms with van der Waals surface area (Å²) >= 11 is 0. The fourth-order valence-electron chi connectivity index (χ4n) is 5.49. The van der Waals surface area contributed by atoms with Crippen LogP contribution in [0.4, 0.5) is 16.0 Å². The third-order valence-corrected chi connectivity index (χ3v) is 7.94. The van der Waals surface area contributed by atoms with E-state index in [1.807, 2.05) is 0 Å². The second kappa shape index (κ2) is 11.2. The van der Waals surface area contributed by atoms with Gasteiger partial charge in [0.2, 0.25) is 0 Å². The average molecular weight is 518 g/mol. The maximum atomic E-state index is 14.4. The number of anilines is 2. The van der Waals surface area contributed by atoms with E-state index in [1.165, 1.54) is 38.0 Å². The molecule has 3 heterocycles. The van der Waals surface area contributed by atoms with Gasteiger partial charge in [-0.05, 0) is 37.0 Å². The molecule has 7 nitrogen and oxygen atoms in total. The molecule has 200 valence electrons. The van der Waals surface area contributed by atoms with Crippen molar-refractivity contribution in [1.29, 1.82) is 0 Å². The van der Waals surface area contributed by atoms with Gasteiger partial charge in [-0.15, -0.1) is 0 Å². The molecule has 0 spiro atoms. The van der Waals surface area contributed by atoms with Crippen molar-refractivity contribution in [3.05, 3.63) is 71.3 Å². The molecule has 6 rings (SSSR count). The highest BCUT2D eigenvalue weighted by atomic mass is 19.1. The summed E-state index contributed by atoms with van der Waals surface area (Å²) in [7, 11) is 1.53. The van der Waals surface area contributed by atoms with Crippen molar-refractivity contribution in [3.63, 3.8) is 0 Å². The van der Waals surface area contributed by atoms with E-state index < -0.39 is 0 Å². The maximum absolute atomic E-state index is 14.4. The van der Waals surface area contributed by atoms with Crippen LogP contribution in [-0.2, 0) is 19.5 Å². The average Bonchev–Trinajstić information content (AvgIpc) is 2.92. The Morgan fingerprint density at radius 1 is 0.974 bits per heavy atom. The summed E-state index contributed by atoms with van der Waals surface area (Å²) in [5, 5.41) is 3.70. The second-order valence-corrected chi connectivity index (χ2v) is 10.6. The molecule has 2 fully saturated rings. The van der Waals surface area contributed by atoms with Crippen LogP contribution in [-0.4, -0.2) is 53.8 Å². The highest BCUT2D eigenvalue weighted by Crippen LogP contribution is 2.33. The van der Waals surface area contributed by atoms with Gasteiger partial charge >= 0.3 is 0 Å². The summed E-state index contributed by atoms with van der Waals surface area (Å²) < 4.78 is 25.5. The van der Waals surface area contributed by atoms with E-state index in [0.29, 0.717) is 11.8 Å². The molecule has 1 aliphatic carbocycles. The highest BCUT2D eigenvalue weighted by molar-refractivity contribution is 5.63. The minimum Gasteiger partial charge on any atom is -0.497 e. The van der Waals surface area contributed by atoms with E-state index in [2.05, 4.69) is 45.4 Å². The Bertz CT molecular complexity index is 1240. The van der Waals surface area contributed by atoms with Crippen molar-refractivity contribution in [2.45, 2.75) is 63.8 Å². The third kappa shape index (κ3) is 5.55. The van der Waals surface area contributed by atoms with Crippen molar-refractivity contribution in [2.75, 3.05) is 37.0 Å². The number of aromatic nitrogens is 2. The lowest BCUT2D eigenvalue weighted by atomic mass is 9.93. The number of ether oxygens (including phenoxy) is 2. The summed E-state index contributed by atoms with van der Waals surface area (Å²) in [5.74, 6) is 2.26. The normalized spacial score (nSPS) is 18.5. The lowest BCUT2D eigenvalue weighted by molar-refractivity contribution is 0.163. The minimum atomic E-state index is -0.388. The molecule has 1 saturated heterocycles. The fraction of sp³-hybridized carbons (Fsp3) is 0.467. The Kier molecular flexibility index (Phi) is 7.31. The van der Waals surface area contributed by atoms with Crippen LogP contribution < -0.4 is 19.7 Å². The number of rotatable bonds is 8. The quantitative estimate of drug-likeness (QED) is 0.441. The van der Waals surface area contributed by atoms with Gasteiger partial charge in [-0.25, -0.2) is 14.4 Å². The van der Waals surface area contributed by atoms with Crippen LogP contribution in [0.5, 0.6) is 11.5 Å². The van der Waals surface area contributed by atoms with Gasteiger partial charge in [0.25, 0.3) is 0 Å². The molecule has 0 unspecified atom stereocenters. The van der Waals surface area contributed by atoms with E-state index >= 15 is 0 Å². The van der Waals surface area contributed by atoms with Gasteiger partial charge in [-0.3, -0.25) is 4.90 Å². The van der Waals surface area contributed by atoms with E-state index in [9.17, 15) is 4.39 Å². The molecule has 1 aromatic heterocycles. The SMILES string of the molecule is COc1ccc(OC2CCN(c3nc4c(nc3NC3CCC3)CN(Cc3ccccc3)CC4)CC2)c(F)c1. The first-order chi connectivity index (χ1) is 18.6. The van der Waals surface area contributed by atoms with Gasteiger partial charge in [-0.1, -0.05) is 30.3 Å². The molecular formula is C30H36FN5O2. The van der Waals surface area contributed by atoms with Crippen LogP contribution >= 0.6 is 0 Å². The largest absolute Gasteiger partial charge is 0.497 e. The first-order valence-electron chi connectivity index (χ1n) is 13.8. The molecule has 0 radical (unpaired) electrons. The van der Waals surface area contributed by atoms with Gasteiger partial charge in [0, 0.05) is 64.1 Å². The van der Waals surface area contributed by atoms with Crippen molar-refractivity contribution < 1.29 is 13.9 Å². The molecule has 0 bridgehead atoms. The van der Waals surface area contributed by atoms with E-state index in [0.717, 1.165) is 75.0 Å². The van der Waals surface area contributed by atoms with E-state index in [4.69, 9.17) is 19.4 Å². The summed E-state index contributed by atoms with van der Waals surface area (Å²) in [4.78, 5) is 15.1. The van der Waals surface area contributed by atoms with Gasteiger partial charge in [0.05, 0.1) is 18.5 Å². The predicted molar refractivity (Wildman–Crippen MR) is 146 cm³/mol. The Labute approximate surface area is 224 Å². The van der Waals surface area contributed by atoms with Gasteiger partial charge in [0.15, 0.2) is 23.2 Å². The fourth-order valence-corrected chi connectivity index (χ4v) is 5.49. The van der Waals surface area contributed by atoms with Crippen molar-refractivity contribution in [3.8, 4) is 11.5 Å². The first kappa shape index (κ1) is 24.9. The topological polar surface area (TPSA) is 62.8 Å². The Morgan fingerprint density at radius 2 is 1.79 bits per heavy atom. The zero-order valence-corrected chi connectivity index (χ0v) is 22.0. The second-order valence-electron chi connectivity index (χ2n) is 10.6. The molecule has 8 heteroatoms. The van der Waals surface area contributed by atoms with Crippen molar-refractivity contribution in [1.82, 2.24) is 14.9 Å². The minimum absolute atomic E-state index is 0.0330. The number of halogens is 1. The summed E-state index contributed by atoms with van der Waals surface area (Å²) in [6.45, 7) is 4.33. The lowest BCUT2D eigenvalue weighted by Crippen LogP contribution is -2.40. The number of nitrogens with zero attached hydrogens (tertiary/aromatic N) is 4. The Hall–Kier alpha value is -3.39. The molecule has 1 saturated carbocycles. The van der Waals surface area contributed by atoms with Crippen LogP contribution in [0.1, 0.15) is 49.1 Å². The Morgan fingerprint density at radius 3 is 2.50 bits per heavy atom. The van der Waals surface area contributed by atoms with Crippen LogP contribution in [0, 0.1) is 5.82 Å². The smallest absolute Gasteiger partial charge is 0.172 e. The number of hydrogen-bond acceptors (Lipinski definition) is 7. The third-order valence-electron chi connectivity index (χ3n) is 7.94. The lowest BCUT2D eigenvalue weighted by Gasteiger charge is -2.36. The molecule has 3 aromatic rings. The molecule has 38 heavy (non-hydrogen) atoms. The number of nitrogens with one attached hydrogen (secondary N) is 1. The summed E-state index contributed by atoms with van der Waals surface area (Å²) in [5.41, 5.74) is 3.53. The number of hydrogen-bond donors (Lipinski definition) is 1. The standard InChI is InChI=1S/C30H36FN5O2/c1-37-24-10-11-28(25(31)18-24)38-23-12-16-36(17-13-23)30-29(32-22-8-5-9-22)33-27-20-35(15-14-26(27)34-30)19-21-6-3-2-4-7-21/h2-4,6-7,10-11,18,22-23H,5,8-9,12-17,19-20H2,1H3,(H,32,33). The van der Waals surface area contributed by atoms with Crippen LogP contribution in [0.15, 0.2) is 48.5 Å². The number of benzene rings is 2. The molecule has 0 atom stereocenters. The van der Waals surface area contributed by atoms with Gasteiger partial charge in [-0.2, -0.15) is 0 Å². The predicted octanol–water partition coefficient (Wildman–Crippen LogP) is 5.19. The summed E-state index contributed by atoms with van der Waals surface area (Å²) in [6, 6.07) is 15.9. The van der Waals surface area contributed by atoms with E-state index in [1.54, 1.807) is 12.1 Å². The summed E-state index contributed by atoms with van der Waals surface area (Å²) in [6.07, 6.45) is 6.11. The zero-order chi connectivity index (χ0) is 25.9. The zero-order valence-electron chi connectivity index (χ0n) is 22.0. The molecule has 0 amide bonds. The van der Waals surface area contributed by atoms with Gasteiger partial charge < -0.3 is 19.7 Å². The van der Waals surface area contributed by atoms with Crippen LogP contribution in [0.25, 0.3) is 0 Å². The number of methoxy groups -OCH3 is 1. The van der Waals surface area contributed by atoms with E-state index in [-0.39, 0.29) is 17.7 Å². The molecule has 1 N–H and O–H groups in total. The number of piperidine rings is 1.